The minimum Gasteiger partial charge on any atom is -0.493 e. The van der Waals surface area contributed by atoms with Gasteiger partial charge in [-0.25, -0.2) is 0 Å². The molecule has 0 aliphatic carbocycles. The SMILES string of the molecule is CC.CCC(c1cc(Cl)ccc1CC(=O)OC)c1cccc(OC)c1OC. The van der Waals surface area contributed by atoms with Gasteiger partial charge in [0.15, 0.2) is 11.5 Å². The predicted molar refractivity (Wildman–Crippen MR) is 110 cm³/mol. The van der Waals surface area contributed by atoms with Gasteiger partial charge in [0.05, 0.1) is 27.8 Å². The zero-order valence-electron chi connectivity index (χ0n) is 17.0. The van der Waals surface area contributed by atoms with Gasteiger partial charge in [-0.2, -0.15) is 0 Å². The van der Waals surface area contributed by atoms with Crippen LogP contribution in [0.5, 0.6) is 11.5 Å². The van der Waals surface area contributed by atoms with Gasteiger partial charge in [0, 0.05) is 16.5 Å². The third kappa shape index (κ3) is 5.64. The summed E-state index contributed by atoms with van der Waals surface area (Å²) < 4.78 is 15.8. The minimum absolute atomic E-state index is 0.0170. The molecule has 0 fully saturated rings. The third-order valence-electron chi connectivity index (χ3n) is 4.26. The molecule has 1 atom stereocenters. The van der Waals surface area contributed by atoms with Gasteiger partial charge in [0.25, 0.3) is 0 Å². The molecule has 0 N–H and O–H groups in total. The van der Waals surface area contributed by atoms with Crippen LogP contribution in [0.1, 0.15) is 49.8 Å². The average Bonchev–Trinajstić information content (AvgIpc) is 2.71. The van der Waals surface area contributed by atoms with Crippen LogP contribution in [0.15, 0.2) is 36.4 Å². The van der Waals surface area contributed by atoms with E-state index in [0.29, 0.717) is 16.5 Å². The zero-order valence-corrected chi connectivity index (χ0v) is 17.7. The van der Waals surface area contributed by atoms with Crippen LogP contribution in [0, 0.1) is 0 Å². The topological polar surface area (TPSA) is 44.8 Å². The lowest BCUT2D eigenvalue weighted by Gasteiger charge is -2.23. The second kappa shape index (κ2) is 11.5. The molecular weight excluding hydrogens is 364 g/mol. The fourth-order valence-electron chi connectivity index (χ4n) is 3.07. The Morgan fingerprint density at radius 1 is 1.04 bits per heavy atom. The molecule has 0 amide bonds. The molecule has 0 saturated carbocycles. The Kier molecular flexibility index (Phi) is 9.73. The summed E-state index contributed by atoms with van der Waals surface area (Å²) in [4.78, 5) is 11.8. The highest BCUT2D eigenvalue weighted by Gasteiger charge is 2.23. The molecule has 2 rings (SSSR count). The summed E-state index contributed by atoms with van der Waals surface area (Å²) in [6.07, 6.45) is 1.02. The second-order valence-corrected chi connectivity index (χ2v) is 6.08. The maximum Gasteiger partial charge on any atom is 0.309 e. The standard InChI is InChI=1S/C20H23ClO4.C2H6/c1-5-15(16-7-6-8-18(23-2)20(16)25-4)17-12-14(21)10-9-13(17)11-19(22)24-3;1-2/h6-10,12,15H,5,11H2,1-4H3;1-2H3. The van der Waals surface area contributed by atoms with E-state index >= 15 is 0 Å². The van der Waals surface area contributed by atoms with Crippen LogP contribution >= 0.6 is 11.6 Å². The van der Waals surface area contributed by atoms with Gasteiger partial charge in [0.1, 0.15) is 0 Å². The Hall–Kier alpha value is -2.20. The first-order valence-electron chi connectivity index (χ1n) is 9.11. The van der Waals surface area contributed by atoms with Gasteiger partial charge in [-0.1, -0.05) is 50.6 Å². The molecular formula is C22H29ClO4. The van der Waals surface area contributed by atoms with Crippen molar-refractivity contribution in [3.05, 3.63) is 58.1 Å². The number of ether oxygens (including phenoxy) is 3. The molecule has 27 heavy (non-hydrogen) atoms. The summed E-state index contributed by atoms with van der Waals surface area (Å²) in [5.41, 5.74) is 2.89. The van der Waals surface area contributed by atoms with Crippen molar-refractivity contribution >= 4 is 17.6 Å². The first-order valence-corrected chi connectivity index (χ1v) is 9.49. The van der Waals surface area contributed by atoms with E-state index in [9.17, 15) is 4.79 Å². The number of methoxy groups -OCH3 is 3. The smallest absolute Gasteiger partial charge is 0.309 e. The monoisotopic (exact) mass is 392 g/mol. The Balaban J connectivity index is 0.00000176. The van der Waals surface area contributed by atoms with E-state index in [-0.39, 0.29) is 18.3 Å². The summed E-state index contributed by atoms with van der Waals surface area (Å²) in [6.45, 7) is 6.09. The Labute approximate surface area is 167 Å². The van der Waals surface area contributed by atoms with Gasteiger partial charge < -0.3 is 14.2 Å². The molecule has 0 aromatic heterocycles. The predicted octanol–water partition coefficient (Wildman–Crippen LogP) is 5.64. The molecule has 2 aromatic carbocycles. The number of rotatable bonds is 7. The maximum absolute atomic E-state index is 11.8. The molecule has 0 aliphatic heterocycles. The third-order valence-corrected chi connectivity index (χ3v) is 4.50. The van der Waals surface area contributed by atoms with Crippen LogP contribution in [0.4, 0.5) is 0 Å². The van der Waals surface area contributed by atoms with Gasteiger partial charge in [-0.05, 0) is 35.7 Å². The van der Waals surface area contributed by atoms with E-state index in [1.54, 1.807) is 20.3 Å². The van der Waals surface area contributed by atoms with Crippen molar-refractivity contribution in [2.24, 2.45) is 0 Å². The molecule has 1 unspecified atom stereocenters. The van der Waals surface area contributed by atoms with Crippen LogP contribution in [0.2, 0.25) is 5.02 Å². The first kappa shape index (κ1) is 22.8. The van der Waals surface area contributed by atoms with Crippen molar-refractivity contribution < 1.29 is 19.0 Å². The molecule has 0 radical (unpaired) electrons. The van der Waals surface area contributed by atoms with Crippen LogP contribution < -0.4 is 9.47 Å². The number of carbonyl (C=O) groups is 1. The lowest BCUT2D eigenvalue weighted by atomic mass is 9.84. The van der Waals surface area contributed by atoms with Crippen molar-refractivity contribution in [1.82, 2.24) is 0 Å². The van der Waals surface area contributed by atoms with E-state index in [1.807, 2.05) is 44.2 Å². The van der Waals surface area contributed by atoms with E-state index in [2.05, 4.69) is 6.92 Å². The molecule has 0 aliphatic rings. The number of hydrogen-bond donors (Lipinski definition) is 0. The molecule has 0 spiro atoms. The lowest BCUT2D eigenvalue weighted by molar-refractivity contribution is -0.139. The van der Waals surface area contributed by atoms with Crippen molar-refractivity contribution in [2.75, 3.05) is 21.3 Å². The van der Waals surface area contributed by atoms with Gasteiger partial charge in [0.2, 0.25) is 0 Å². The molecule has 148 valence electrons. The first-order chi connectivity index (χ1) is 13.0. The quantitative estimate of drug-likeness (QED) is 0.572. The number of halogens is 1. The molecule has 5 heteroatoms. The maximum atomic E-state index is 11.8. The van der Waals surface area contributed by atoms with E-state index in [4.69, 9.17) is 25.8 Å². The van der Waals surface area contributed by atoms with Crippen LogP contribution in [0.3, 0.4) is 0 Å². The summed E-state index contributed by atoms with van der Waals surface area (Å²) >= 11 is 6.24. The molecule has 4 nitrogen and oxygen atoms in total. The van der Waals surface area contributed by atoms with Crippen LogP contribution in [-0.2, 0) is 16.0 Å². The van der Waals surface area contributed by atoms with Gasteiger partial charge in [-0.3, -0.25) is 4.79 Å². The lowest BCUT2D eigenvalue weighted by Crippen LogP contribution is -2.11. The number of hydrogen-bond acceptors (Lipinski definition) is 4. The Morgan fingerprint density at radius 2 is 1.74 bits per heavy atom. The molecule has 0 bridgehead atoms. The van der Waals surface area contributed by atoms with Gasteiger partial charge in [-0.15, -0.1) is 0 Å². The highest BCUT2D eigenvalue weighted by molar-refractivity contribution is 6.30. The highest BCUT2D eigenvalue weighted by atomic mass is 35.5. The Morgan fingerprint density at radius 3 is 2.30 bits per heavy atom. The van der Waals surface area contributed by atoms with Crippen LogP contribution in [0.25, 0.3) is 0 Å². The van der Waals surface area contributed by atoms with E-state index in [1.165, 1.54) is 7.11 Å². The summed E-state index contributed by atoms with van der Waals surface area (Å²) in [5.74, 6) is 1.11. The number of para-hydroxylation sites is 1. The average molecular weight is 393 g/mol. The largest absolute Gasteiger partial charge is 0.493 e. The fourth-order valence-corrected chi connectivity index (χ4v) is 3.25. The van der Waals surface area contributed by atoms with Gasteiger partial charge >= 0.3 is 5.97 Å². The van der Waals surface area contributed by atoms with Crippen molar-refractivity contribution in [1.29, 1.82) is 0 Å². The van der Waals surface area contributed by atoms with E-state index in [0.717, 1.165) is 23.1 Å². The highest BCUT2D eigenvalue weighted by Crippen LogP contribution is 2.41. The normalized spacial score (nSPS) is 11.1. The minimum atomic E-state index is -0.281. The fraction of sp³-hybridized carbons (Fsp3) is 0.409. The molecule has 2 aromatic rings. The molecule has 0 saturated heterocycles. The van der Waals surface area contributed by atoms with E-state index < -0.39 is 0 Å². The molecule has 0 heterocycles. The Bertz CT molecular complexity index is 743. The van der Waals surface area contributed by atoms with Crippen molar-refractivity contribution in [3.8, 4) is 11.5 Å². The summed E-state index contributed by atoms with van der Waals surface area (Å²) in [5, 5.41) is 0.629. The zero-order chi connectivity index (χ0) is 20.4. The number of carbonyl (C=O) groups excluding carboxylic acids is 1. The second-order valence-electron chi connectivity index (χ2n) is 5.64. The number of esters is 1. The summed E-state index contributed by atoms with van der Waals surface area (Å²) in [7, 11) is 4.63. The number of benzene rings is 2. The summed E-state index contributed by atoms with van der Waals surface area (Å²) in [6, 6.07) is 11.4. The van der Waals surface area contributed by atoms with Crippen molar-refractivity contribution in [3.63, 3.8) is 0 Å². The van der Waals surface area contributed by atoms with Crippen molar-refractivity contribution in [2.45, 2.75) is 39.5 Å². The van der Waals surface area contributed by atoms with Crippen LogP contribution in [-0.4, -0.2) is 27.3 Å².